The summed E-state index contributed by atoms with van der Waals surface area (Å²) in [4.78, 5) is 70.9. The van der Waals surface area contributed by atoms with E-state index in [2.05, 4.69) is 27.4 Å². The lowest BCUT2D eigenvalue weighted by molar-refractivity contribution is -0.145. The molecule has 9 rings (SSSR count). The summed E-state index contributed by atoms with van der Waals surface area (Å²) in [5.74, 6) is -2.04. The number of hydrogen-bond acceptors (Lipinski definition) is 15. The fourth-order valence-corrected chi connectivity index (χ4v) is 9.95. The Balaban J connectivity index is 0.000000218. The molecule has 0 bridgehead atoms. The third-order valence-corrected chi connectivity index (χ3v) is 14.3. The highest BCUT2D eigenvalue weighted by Crippen LogP contribution is 2.28. The van der Waals surface area contributed by atoms with E-state index in [1.54, 1.807) is 53.4 Å². The van der Waals surface area contributed by atoms with Gasteiger partial charge in [0.05, 0.1) is 44.3 Å². The number of rotatable bonds is 20. The number of nitrogens with one attached hydrogen (secondary N) is 4. The Labute approximate surface area is 471 Å². The molecule has 6 aromatic rings. The van der Waals surface area contributed by atoms with Gasteiger partial charge in [-0.3, -0.25) is 49.0 Å². The van der Waals surface area contributed by atoms with Crippen molar-refractivity contribution < 1.29 is 50.8 Å². The number of carbonyl (C=O) groups excluding carboxylic acids is 5. The van der Waals surface area contributed by atoms with Crippen molar-refractivity contribution >= 4 is 63.1 Å². The van der Waals surface area contributed by atoms with Gasteiger partial charge in [0.25, 0.3) is 10.1 Å². The second-order valence-electron chi connectivity index (χ2n) is 19.7. The van der Waals surface area contributed by atoms with Crippen molar-refractivity contribution in [2.24, 2.45) is 0 Å². The molecule has 81 heavy (non-hydrogen) atoms. The number of carbonyl (C=O) groups is 5. The fourth-order valence-electron chi connectivity index (χ4n) is 9.55. The maximum absolute atomic E-state index is 13.4. The van der Waals surface area contributed by atoms with Crippen LogP contribution in [0.1, 0.15) is 65.0 Å². The predicted molar refractivity (Wildman–Crippen MR) is 307 cm³/mol. The molecule has 3 aliphatic heterocycles. The van der Waals surface area contributed by atoms with Crippen molar-refractivity contribution in [1.29, 1.82) is 10.8 Å². The minimum absolute atomic E-state index is 0.0151. The Bertz CT molecular complexity index is 3150. The number of hydrogen-bond donors (Lipinski definition) is 4. The standard InChI is InChI=1S/C35H41N5O5.C26H25N3O6S/c1-2-3-22-44-31(41)25-39-20-18-38(19-21-39)23-30-24-40(35(43)45-30)29-16-14-28(15-17-29)33(36)37-34(42)32(26-10-6-4-7-11-26)27-12-8-5-9-13-27;1-36(32,33)34-17-22-16-29(26(31)35-22)21-14-12-20(13-15-21)24(27)28-25(30)23(18-8-4-2-5-9-18)19-10-6-3-7-11-19/h4-17,30,32H,2-3,18-25H2,1H3,(H2,36,37,42);2-15,22-23H,16-17H2,1H3,(H2,27,28,30). The lowest BCUT2D eigenvalue weighted by Crippen LogP contribution is -2.50. The van der Waals surface area contributed by atoms with Gasteiger partial charge in [0, 0.05) is 55.2 Å². The molecule has 2 atom stereocenters. The van der Waals surface area contributed by atoms with Crippen molar-refractivity contribution in [1.82, 2.24) is 20.4 Å². The van der Waals surface area contributed by atoms with E-state index in [1.165, 1.54) is 4.90 Å². The first kappa shape index (κ1) is 58.6. The number of amidine groups is 2. The number of esters is 1. The second-order valence-corrected chi connectivity index (χ2v) is 21.3. The summed E-state index contributed by atoms with van der Waals surface area (Å²) in [6.45, 7) is 6.84. The van der Waals surface area contributed by atoms with Crippen LogP contribution in [0.5, 0.6) is 0 Å². The zero-order valence-corrected chi connectivity index (χ0v) is 46.0. The molecule has 0 radical (unpaired) electrons. The van der Waals surface area contributed by atoms with Crippen molar-refractivity contribution in [2.75, 3.05) is 81.6 Å². The van der Waals surface area contributed by atoms with E-state index in [4.69, 9.17) is 29.2 Å². The third kappa shape index (κ3) is 16.5. The number of nitrogens with zero attached hydrogens (tertiary/aromatic N) is 4. The van der Waals surface area contributed by atoms with Crippen LogP contribution >= 0.6 is 0 Å². The molecule has 3 heterocycles. The molecule has 3 saturated heterocycles. The van der Waals surface area contributed by atoms with Gasteiger partial charge in [-0.25, -0.2) is 9.59 Å². The maximum atomic E-state index is 13.4. The van der Waals surface area contributed by atoms with Crippen LogP contribution in [-0.2, 0) is 42.9 Å². The van der Waals surface area contributed by atoms with Crippen LogP contribution in [-0.4, -0.2) is 144 Å². The highest BCUT2D eigenvalue weighted by molar-refractivity contribution is 7.86. The summed E-state index contributed by atoms with van der Waals surface area (Å²) in [5, 5.41) is 22.5. The minimum Gasteiger partial charge on any atom is -0.465 e. The van der Waals surface area contributed by atoms with E-state index in [9.17, 15) is 32.4 Å². The highest BCUT2D eigenvalue weighted by Gasteiger charge is 2.36. The van der Waals surface area contributed by atoms with Gasteiger partial charge in [0.2, 0.25) is 11.8 Å². The van der Waals surface area contributed by atoms with E-state index in [1.807, 2.05) is 121 Å². The van der Waals surface area contributed by atoms with Gasteiger partial charge in [-0.05, 0) is 77.2 Å². The van der Waals surface area contributed by atoms with Crippen LogP contribution in [0, 0.1) is 10.8 Å². The van der Waals surface area contributed by atoms with Crippen molar-refractivity contribution in [3.8, 4) is 0 Å². The lowest BCUT2D eigenvalue weighted by atomic mass is 9.90. The van der Waals surface area contributed by atoms with Crippen LogP contribution in [0.15, 0.2) is 170 Å². The van der Waals surface area contributed by atoms with Crippen molar-refractivity contribution in [3.63, 3.8) is 0 Å². The SMILES string of the molecule is CCCCOC(=O)CN1CCN(CC2CN(c3ccc(C(=N)NC(=O)C(c4ccccc4)c4ccccc4)cc3)C(=O)O2)CC1.CS(=O)(=O)OCC1CN(c2ccc(C(=N)NC(=O)C(c3ccccc3)c3ccccc3)cc2)C(=O)O1. The van der Waals surface area contributed by atoms with Gasteiger partial charge in [-0.15, -0.1) is 0 Å². The molecule has 6 aromatic carbocycles. The van der Waals surface area contributed by atoms with Gasteiger partial charge in [-0.1, -0.05) is 135 Å². The zero-order chi connectivity index (χ0) is 57.3. The van der Waals surface area contributed by atoms with Gasteiger partial charge < -0.3 is 24.8 Å². The summed E-state index contributed by atoms with van der Waals surface area (Å²) in [6.07, 6.45) is 0.783. The molecule has 0 spiro atoms. The van der Waals surface area contributed by atoms with Crippen LogP contribution in [0.25, 0.3) is 0 Å². The number of benzene rings is 6. The quantitative estimate of drug-likeness (QED) is 0.0145. The number of cyclic esters (lactones) is 2. The molecule has 0 aliphatic carbocycles. The molecule has 19 nitrogen and oxygen atoms in total. The largest absolute Gasteiger partial charge is 0.465 e. The highest BCUT2D eigenvalue weighted by atomic mass is 32.2. The first-order valence-corrected chi connectivity index (χ1v) is 28.5. The molecular weight excluding hydrogens is 1050 g/mol. The average molecular weight is 1120 g/mol. The second kappa shape index (κ2) is 28.0. The van der Waals surface area contributed by atoms with E-state index < -0.39 is 40.2 Å². The Morgan fingerprint density at radius 2 is 0.963 bits per heavy atom. The molecular formula is C61H66N8O11S. The van der Waals surface area contributed by atoms with Crippen LogP contribution < -0.4 is 20.4 Å². The molecule has 3 fully saturated rings. The normalized spacial score (nSPS) is 16.5. The summed E-state index contributed by atoms with van der Waals surface area (Å²) in [5.41, 5.74) is 5.48. The van der Waals surface area contributed by atoms with Crippen LogP contribution in [0.4, 0.5) is 21.0 Å². The summed E-state index contributed by atoms with van der Waals surface area (Å²) in [7, 11) is -3.65. The Kier molecular flexibility index (Phi) is 20.3. The number of piperazine rings is 1. The minimum atomic E-state index is -3.65. The first-order valence-electron chi connectivity index (χ1n) is 26.7. The Morgan fingerprint density at radius 3 is 1.36 bits per heavy atom. The monoisotopic (exact) mass is 1120 g/mol. The van der Waals surface area contributed by atoms with Crippen LogP contribution in [0.2, 0.25) is 0 Å². The van der Waals surface area contributed by atoms with E-state index in [0.717, 1.165) is 67.5 Å². The van der Waals surface area contributed by atoms with E-state index >= 15 is 0 Å². The van der Waals surface area contributed by atoms with Crippen molar-refractivity contribution in [2.45, 2.75) is 43.8 Å². The molecule has 2 unspecified atom stereocenters. The van der Waals surface area contributed by atoms with E-state index in [0.29, 0.717) is 48.7 Å². The predicted octanol–water partition coefficient (Wildman–Crippen LogP) is 7.51. The van der Waals surface area contributed by atoms with Crippen molar-refractivity contribution in [3.05, 3.63) is 203 Å². The number of unbranched alkanes of at least 4 members (excludes halogenated alkanes) is 1. The number of ether oxygens (including phenoxy) is 3. The molecule has 4 amide bonds. The molecule has 4 N–H and O–H groups in total. The van der Waals surface area contributed by atoms with Gasteiger partial charge in [-0.2, -0.15) is 8.42 Å². The lowest BCUT2D eigenvalue weighted by Gasteiger charge is -2.34. The van der Waals surface area contributed by atoms with Crippen LogP contribution in [0.3, 0.4) is 0 Å². The number of anilines is 2. The molecule has 3 aliphatic rings. The van der Waals surface area contributed by atoms with Gasteiger partial charge >= 0.3 is 18.2 Å². The molecule has 422 valence electrons. The van der Waals surface area contributed by atoms with E-state index in [-0.39, 0.29) is 48.7 Å². The average Bonchev–Trinajstić information content (AvgIpc) is 4.22. The Morgan fingerprint density at radius 1 is 0.580 bits per heavy atom. The van der Waals surface area contributed by atoms with Gasteiger partial charge in [0.1, 0.15) is 30.5 Å². The summed E-state index contributed by atoms with van der Waals surface area (Å²) in [6, 6.07) is 51.2. The van der Waals surface area contributed by atoms with Gasteiger partial charge in [0.15, 0.2) is 0 Å². The zero-order valence-electron chi connectivity index (χ0n) is 45.1. The third-order valence-electron chi connectivity index (χ3n) is 13.7. The topological polar surface area (TPSA) is 241 Å². The molecule has 0 aromatic heterocycles. The molecule has 0 saturated carbocycles. The summed E-state index contributed by atoms with van der Waals surface area (Å²) >= 11 is 0. The number of amides is 4. The summed E-state index contributed by atoms with van der Waals surface area (Å²) < 4.78 is 43.2. The maximum Gasteiger partial charge on any atom is 0.414 e. The smallest absolute Gasteiger partial charge is 0.414 e. The Hall–Kier alpha value is -8.56. The molecule has 20 heteroatoms. The first-order chi connectivity index (χ1) is 39.1. The fraction of sp³-hybridized carbons (Fsp3) is 0.295.